The van der Waals surface area contributed by atoms with Crippen LogP contribution in [0.5, 0.6) is 11.5 Å². The summed E-state index contributed by atoms with van der Waals surface area (Å²) in [4.78, 5) is 24.4. The standard InChI is InChI=1S/2C15H23NO.C4H6O6/c2*1-3-15(9-4-5-10-16(2)12-15)13-7-6-8-14(17)11-13;5-1(3(7)8)2(6)4(9)10/h2*6-8,11,17H,3-5,9-10,12H2,1-2H3;1-2,5-6H,(H,7,8)(H,9,10)/t;;1-,2-/m..1/s1. The van der Waals surface area contributed by atoms with Crippen LogP contribution in [0, 0.1) is 0 Å². The number of phenolic OH excluding ortho intramolecular Hbond substituents is 2. The minimum absolute atomic E-state index is 0.226. The molecule has 2 aliphatic rings. The van der Waals surface area contributed by atoms with Gasteiger partial charge in [-0.3, -0.25) is 0 Å². The molecular formula is C34H52N2O8. The van der Waals surface area contributed by atoms with Crippen molar-refractivity contribution in [2.45, 2.75) is 88.3 Å². The van der Waals surface area contributed by atoms with Crippen molar-refractivity contribution in [3.8, 4) is 11.5 Å². The summed E-state index contributed by atoms with van der Waals surface area (Å²) < 4.78 is 0. The number of hydrogen-bond donors (Lipinski definition) is 6. The van der Waals surface area contributed by atoms with E-state index >= 15 is 0 Å². The molecule has 2 saturated heterocycles. The van der Waals surface area contributed by atoms with Gasteiger partial charge in [0.1, 0.15) is 11.5 Å². The first-order valence-electron chi connectivity index (χ1n) is 15.6. The molecule has 0 amide bonds. The van der Waals surface area contributed by atoms with Gasteiger partial charge in [0.05, 0.1) is 0 Å². The van der Waals surface area contributed by atoms with Crippen LogP contribution in [0.4, 0.5) is 0 Å². The van der Waals surface area contributed by atoms with E-state index in [1.165, 1.54) is 62.7 Å². The first-order valence-corrected chi connectivity index (χ1v) is 15.6. The van der Waals surface area contributed by atoms with Gasteiger partial charge in [0, 0.05) is 23.9 Å². The first-order chi connectivity index (χ1) is 20.8. The maximum absolute atomic E-state index is 9.77. The van der Waals surface area contributed by atoms with E-state index < -0.39 is 24.1 Å². The van der Waals surface area contributed by atoms with Crippen LogP contribution in [0.15, 0.2) is 48.5 Å². The van der Waals surface area contributed by atoms with Gasteiger partial charge in [-0.15, -0.1) is 0 Å². The van der Waals surface area contributed by atoms with E-state index in [0.29, 0.717) is 11.5 Å². The third-order valence-corrected chi connectivity index (χ3v) is 9.11. The lowest BCUT2D eigenvalue weighted by Crippen LogP contribution is -2.39. The monoisotopic (exact) mass is 616 g/mol. The molecule has 6 N–H and O–H groups in total. The lowest BCUT2D eigenvalue weighted by molar-refractivity contribution is -0.165. The number of benzene rings is 2. The number of hydrogen-bond acceptors (Lipinski definition) is 8. The van der Waals surface area contributed by atoms with Gasteiger partial charge in [0.25, 0.3) is 0 Å². The van der Waals surface area contributed by atoms with Crippen molar-refractivity contribution < 1.29 is 40.2 Å². The highest BCUT2D eigenvalue weighted by Gasteiger charge is 2.34. The van der Waals surface area contributed by atoms with Crippen LogP contribution in [0.25, 0.3) is 0 Å². The Balaban J connectivity index is 0.000000240. The molecule has 0 aromatic heterocycles. The van der Waals surface area contributed by atoms with Crippen LogP contribution in [0.2, 0.25) is 0 Å². The summed E-state index contributed by atoms with van der Waals surface area (Å²) in [6.45, 7) is 9.13. The van der Waals surface area contributed by atoms with E-state index in [-0.39, 0.29) is 10.8 Å². The number of aliphatic hydroxyl groups excluding tert-OH is 2. The highest BCUT2D eigenvalue weighted by molar-refractivity contribution is 5.83. The molecule has 10 nitrogen and oxygen atoms in total. The van der Waals surface area contributed by atoms with E-state index in [9.17, 15) is 19.8 Å². The summed E-state index contributed by atoms with van der Waals surface area (Å²) >= 11 is 0. The summed E-state index contributed by atoms with van der Waals surface area (Å²) in [6, 6.07) is 15.7. The minimum atomic E-state index is -2.27. The molecule has 2 aromatic carbocycles. The van der Waals surface area contributed by atoms with Gasteiger partial charge >= 0.3 is 11.9 Å². The van der Waals surface area contributed by atoms with Crippen LogP contribution in [0.3, 0.4) is 0 Å². The molecule has 2 heterocycles. The van der Waals surface area contributed by atoms with Crippen molar-refractivity contribution in [3.05, 3.63) is 59.7 Å². The second-order valence-corrected chi connectivity index (χ2v) is 12.3. The maximum Gasteiger partial charge on any atom is 0.335 e. The molecule has 2 aliphatic heterocycles. The van der Waals surface area contributed by atoms with Crippen LogP contribution in [0.1, 0.15) is 76.3 Å². The molecule has 2 unspecified atom stereocenters. The van der Waals surface area contributed by atoms with Gasteiger partial charge < -0.3 is 40.4 Å². The third-order valence-electron chi connectivity index (χ3n) is 9.11. The lowest BCUT2D eigenvalue weighted by Gasteiger charge is -2.35. The van der Waals surface area contributed by atoms with E-state index in [4.69, 9.17) is 20.4 Å². The normalized spacial score (nSPS) is 24.2. The quantitative estimate of drug-likeness (QED) is 0.266. The molecule has 44 heavy (non-hydrogen) atoms. The number of carbonyl (C=O) groups is 2. The fourth-order valence-electron chi connectivity index (χ4n) is 6.44. The van der Waals surface area contributed by atoms with Crippen molar-refractivity contribution in [2.24, 2.45) is 0 Å². The molecule has 0 bridgehead atoms. The summed E-state index contributed by atoms with van der Waals surface area (Å²) in [5.74, 6) is -2.76. The van der Waals surface area contributed by atoms with Gasteiger partial charge in [-0.25, -0.2) is 9.59 Å². The second-order valence-electron chi connectivity index (χ2n) is 12.3. The highest BCUT2D eigenvalue weighted by Crippen LogP contribution is 2.38. The zero-order chi connectivity index (χ0) is 32.9. The Labute approximate surface area is 261 Å². The fraction of sp³-hybridized carbons (Fsp3) is 0.588. The van der Waals surface area contributed by atoms with E-state index in [1.807, 2.05) is 24.3 Å². The van der Waals surface area contributed by atoms with Gasteiger partial charge in [-0.05, 0) is 101 Å². The predicted molar refractivity (Wildman–Crippen MR) is 170 cm³/mol. The summed E-state index contributed by atoms with van der Waals surface area (Å²) in [6.07, 6.45) is 5.36. The summed E-state index contributed by atoms with van der Waals surface area (Å²) in [5.41, 5.74) is 3.05. The van der Waals surface area contributed by atoms with Crippen molar-refractivity contribution in [2.75, 3.05) is 40.3 Å². The average Bonchev–Trinajstić information content (AvgIpc) is 3.32. The molecule has 2 aromatic rings. The molecule has 10 heteroatoms. The number of likely N-dealkylation sites (N-methyl/N-ethyl adjacent to an activating group) is 2. The fourth-order valence-corrected chi connectivity index (χ4v) is 6.44. The third kappa shape index (κ3) is 10.5. The van der Waals surface area contributed by atoms with Crippen molar-refractivity contribution >= 4 is 11.9 Å². The van der Waals surface area contributed by atoms with Crippen LogP contribution < -0.4 is 0 Å². The molecule has 4 atom stereocenters. The van der Waals surface area contributed by atoms with Crippen LogP contribution in [-0.2, 0) is 20.4 Å². The number of carboxylic acid groups (broad SMARTS) is 2. The second kappa shape index (κ2) is 17.3. The molecule has 0 spiro atoms. The molecule has 4 rings (SSSR count). The molecule has 0 aliphatic carbocycles. The van der Waals surface area contributed by atoms with Crippen molar-refractivity contribution in [1.29, 1.82) is 0 Å². The maximum atomic E-state index is 9.77. The van der Waals surface area contributed by atoms with E-state index in [2.05, 4.69) is 49.9 Å². The van der Waals surface area contributed by atoms with Crippen molar-refractivity contribution in [1.82, 2.24) is 9.80 Å². The number of nitrogens with zero attached hydrogens (tertiary/aromatic N) is 2. The Bertz CT molecular complexity index is 1100. The summed E-state index contributed by atoms with van der Waals surface area (Å²) in [7, 11) is 4.41. The molecule has 0 radical (unpaired) electrons. The number of phenols is 2. The Morgan fingerprint density at radius 1 is 0.705 bits per heavy atom. The number of carboxylic acids is 2. The summed E-state index contributed by atoms with van der Waals surface area (Å²) in [5, 5.41) is 51.9. The predicted octanol–water partition coefficient (Wildman–Crippen LogP) is 4.19. The Morgan fingerprint density at radius 3 is 1.36 bits per heavy atom. The van der Waals surface area contributed by atoms with Gasteiger partial charge in [-0.1, -0.05) is 51.0 Å². The number of aromatic hydroxyl groups is 2. The topological polar surface area (TPSA) is 162 Å². The minimum Gasteiger partial charge on any atom is -0.508 e. The number of rotatable bonds is 7. The Morgan fingerprint density at radius 2 is 1.07 bits per heavy atom. The lowest BCUT2D eigenvalue weighted by atomic mass is 9.74. The molecule has 2 fully saturated rings. The zero-order valence-electron chi connectivity index (χ0n) is 26.7. The number of aliphatic carboxylic acids is 2. The molecule has 246 valence electrons. The zero-order valence-corrected chi connectivity index (χ0v) is 26.7. The SMILES string of the molecule is CCC1(c2cccc(O)c2)CCCCN(C)C1.CCC1(c2cccc(O)c2)CCCCN(C)C1.O=C(O)[C@H](O)[C@@H](O)C(=O)O. The highest BCUT2D eigenvalue weighted by atomic mass is 16.4. The Kier molecular flexibility index (Phi) is 14.6. The van der Waals surface area contributed by atoms with Crippen LogP contribution >= 0.6 is 0 Å². The van der Waals surface area contributed by atoms with Crippen molar-refractivity contribution in [3.63, 3.8) is 0 Å². The van der Waals surface area contributed by atoms with Gasteiger partial charge in [0.2, 0.25) is 0 Å². The van der Waals surface area contributed by atoms with E-state index in [1.54, 1.807) is 12.1 Å². The van der Waals surface area contributed by atoms with Gasteiger partial charge in [0.15, 0.2) is 12.2 Å². The Hall–Kier alpha value is -3.18. The molecular weight excluding hydrogens is 564 g/mol. The van der Waals surface area contributed by atoms with E-state index in [0.717, 1.165) is 25.9 Å². The smallest absolute Gasteiger partial charge is 0.335 e. The first kappa shape index (κ1) is 37.0. The number of likely N-dealkylation sites (tertiary alicyclic amines) is 2. The average molecular weight is 617 g/mol. The number of aliphatic hydroxyl groups is 2. The van der Waals surface area contributed by atoms with Crippen LogP contribution in [-0.4, -0.2) is 105 Å². The molecule has 0 saturated carbocycles. The largest absolute Gasteiger partial charge is 0.508 e. The van der Waals surface area contributed by atoms with Gasteiger partial charge in [-0.2, -0.15) is 0 Å².